The maximum atomic E-state index is 13.1. The zero-order valence-electron chi connectivity index (χ0n) is 19.5. The van der Waals surface area contributed by atoms with Crippen molar-refractivity contribution in [2.45, 2.75) is 26.1 Å². The molecule has 1 heterocycles. The van der Waals surface area contributed by atoms with Gasteiger partial charge in [-0.15, -0.1) is 13.2 Å². The number of rotatable bonds is 10. The summed E-state index contributed by atoms with van der Waals surface area (Å²) >= 11 is 0. The number of alkyl halides is 3. The molecule has 35 heavy (non-hydrogen) atoms. The van der Waals surface area contributed by atoms with E-state index in [1.165, 1.54) is 46.3 Å². The monoisotopic (exact) mass is 505 g/mol. The average molecular weight is 505 g/mol. The first-order valence-electron chi connectivity index (χ1n) is 10.3. The number of halogens is 3. The van der Waals surface area contributed by atoms with Crippen LogP contribution in [0, 0.1) is 0 Å². The Bertz CT molecular complexity index is 914. The first-order valence-corrected chi connectivity index (χ1v) is 10.3. The number of hydrogen-bond acceptors (Lipinski definition) is 10. The maximum absolute atomic E-state index is 13.1. The van der Waals surface area contributed by atoms with E-state index in [1.807, 2.05) is 0 Å². The van der Waals surface area contributed by atoms with Crippen molar-refractivity contribution in [2.24, 2.45) is 0 Å². The van der Waals surface area contributed by atoms with Crippen molar-refractivity contribution >= 4 is 12.3 Å². The summed E-state index contributed by atoms with van der Waals surface area (Å²) in [6.45, 7) is 2.98. The third-order valence-corrected chi connectivity index (χ3v) is 4.50. The fourth-order valence-electron chi connectivity index (χ4n) is 3.10. The van der Waals surface area contributed by atoms with E-state index in [0.717, 1.165) is 6.07 Å². The number of ether oxygens (including phenoxy) is 7. The first kappa shape index (κ1) is 27.8. The van der Waals surface area contributed by atoms with Crippen molar-refractivity contribution in [3.63, 3.8) is 0 Å². The second kappa shape index (κ2) is 12.9. The Morgan fingerprint density at radius 2 is 1.34 bits per heavy atom. The van der Waals surface area contributed by atoms with Crippen LogP contribution >= 0.6 is 0 Å². The lowest BCUT2D eigenvalue weighted by atomic mass is 9.90. The predicted octanol–water partition coefficient (Wildman–Crippen LogP) is 4.33. The predicted molar refractivity (Wildman–Crippen MR) is 113 cm³/mol. The molecule has 0 fully saturated rings. The largest absolute Gasteiger partial charge is 0.573 e. The molecular formula is C22H26F3NO9. The molecule has 0 amide bonds. The number of carbonyl (C=O) groups is 2. The van der Waals surface area contributed by atoms with Crippen LogP contribution in [0.2, 0.25) is 0 Å². The van der Waals surface area contributed by atoms with Gasteiger partial charge >= 0.3 is 18.7 Å². The maximum Gasteiger partial charge on any atom is 0.573 e. The van der Waals surface area contributed by atoms with E-state index in [1.54, 1.807) is 0 Å². The molecule has 0 atom stereocenters. The molecule has 1 aliphatic heterocycles. The number of carbonyl (C=O) groups excluding carboxylic acids is 2. The summed E-state index contributed by atoms with van der Waals surface area (Å²) in [6, 6.07) is 5.18. The Morgan fingerprint density at radius 3 is 1.80 bits per heavy atom. The molecule has 0 bridgehead atoms. The van der Waals surface area contributed by atoms with E-state index in [2.05, 4.69) is 10.1 Å². The van der Waals surface area contributed by atoms with Crippen LogP contribution in [0.3, 0.4) is 0 Å². The lowest BCUT2D eigenvalue weighted by molar-refractivity contribution is -0.275. The summed E-state index contributed by atoms with van der Waals surface area (Å²) in [6.07, 6.45) is -7.29. The lowest BCUT2D eigenvalue weighted by Crippen LogP contribution is -2.30. The third-order valence-electron chi connectivity index (χ3n) is 4.50. The second-order valence-corrected chi connectivity index (χ2v) is 7.01. The Kier molecular flexibility index (Phi) is 10.2. The average Bonchev–Trinajstić information content (AvgIpc) is 2.77. The molecule has 0 aliphatic carbocycles. The first-order chi connectivity index (χ1) is 16.6. The lowest BCUT2D eigenvalue weighted by Gasteiger charge is -2.31. The van der Waals surface area contributed by atoms with Gasteiger partial charge in [0.15, 0.2) is 0 Å². The minimum absolute atomic E-state index is 0.0931. The molecule has 0 aromatic heterocycles. The van der Waals surface area contributed by atoms with Crippen molar-refractivity contribution in [2.75, 3.05) is 40.6 Å². The van der Waals surface area contributed by atoms with Crippen LogP contribution in [-0.2, 0) is 28.4 Å². The highest BCUT2D eigenvalue weighted by Gasteiger charge is 2.39. The quantitative estimate of drug-likeness (QED) is 0.364. The van der Waals surface area contributed by atoms with E-state index in [-0.39, 0.29) is 54.9 Å². The molecule has 194 valence electrons. The summed E-state index contributed by atoms with van der Waals surface area (Å²) in [5, 5.41) is 2.87. The van der Waals surface area contributed by atoms with Gasteiger partial charge in [-0.3, -0.25) is 0 Å². The van der Waals surface area contributed by atoms with Gasteiger partial charge in [-0.05, 0) is 19.9 Å². The van der Waals surface area contributed by atoms with E-state index in [9.17, 15) is 22.8 Å². The highest BCUT2D eigenvalue weighted by atomic mass is 19.4. The normalized spacial score (nSPS) is 14.4. The fourth-order valence-corrected chi connectivity index (χ4v) is 3.10. The molecule has 0 saturated heterocycles. The van der Waals surface area contributed by atoms with Crippen LogP contribution in [0.25, 0.3) is 0 Å². The molecule has 1 N–H and O–H groups in total. The Morgan fingerprint density at radius 1 is 0.857 bits per heavy atom. The van der Waals surface area contributed by atoms with Crippen LogP contribution in [-0.4, -0.2) is 59.3 Å². The minimum Gasteiger partial charge on any atom is -0.432 e. The summed E-state index contributed by atoms with van der Waals surface area (Å²) < 4.78 is 73.6. The van der Waals surface area contributed by atoms with Crippen molar-refractivity contribution in [1.29, 1.82) is 0 Å². The summed E-state index contributed by atoms with van der Waals surface area (Å²) in [7, 11) is 2.81. The Labute approximate surface area is 199 Å². The van der Waals surface area contributed by atoms with Crippen LogP contribution < -0.4 is 10.1 Å². The van der Waals surface area contributed by atoms with Crippen LogP contribution in [0.5, 0.6) is 5.75 Å². The summed E-state index contributed by atoms with van der Waals surface area (Å²) in [5.74, 6) is -2.23. The molecule has 1 aromatic carbocycles. The van der Waals surface area contributed by atoms with Gasteiger partial charge in [0.1, 0.15) is 36.4 Å². The van der Waals surface area contributed by atoms with Gasteiger partial charge in [0.2, 0.25) is 0 Å². The molecule has 0 saturated carbocycles. The van der Waals surface area contributed by atoms with Crippen LogP contribution in [0.1, 0.15) is 25.3 Å². The van der Waals surface area contributed by atoms with Crippen molar-refractivity contribution < 1.29 is 55.9 Å². The van der Waals surface area contributed by atoms with E-state index in [0.29, 0.717) is 0 Å². The highest BCUT2D eigenvalue weighted by molar-refractivity contribution is 5.65. The minimum atomic E-state index is -5.01. The van der Waals surface area contributed by atoms with Crippen molar-refractivity contribution in [1.82, 2.24) is 5.32 Å². The molecule has 13 heteroatoms. The number of benzene rings is 1. The number of methoxy groups -OCH3 is 2. The molecule has 0 spiro atoms. The summed E-state index contributed by atoms with van der Waals surface area (Å²) in [4.78, 5) is 24.5. The molecule has 0 radical (unpaired) electrons. The van der Waals surface area contributed by atoms with Gasteiger partial charge in [-0.25, -0.2) is 9.59 Å². The number of dihydropyridines is 1. The number of para-hydroxylation sites is 1. The van der Waals surface area contributed by atoms with E-state index in [4.69, 9.17) is 28.4 Å². The van der Waals surface area contributed by atoms with Crippen molar-refractivity contribution in [3.05, 3.63) is 52.7 Å². The standard InChI is InChI=1S/C22H26F3NO9/c1-13-18(33-20(27)31-11-9-29-3)17(15-7-5-6-8-16(15)35-22(23,24)25)19(14(2)26-13)34-21(28)32-12-10-30-4/h5-8,17,26H,9-12H2,1-4H3. The van der Waals surface area contributed by atoms with Gasteiger partial charge in [0.25, 0.3) is 0 Å². The molecule has 10 nitrogen and oxygen atoms in total. The zero-order valence-corrected chi connectivity index (χ0v) is 19.5. The molecule has 1 aliphatic rings. The SMILES string of the molecule is COCCOC(=O)OC1=C(C)NC(C)=C(OC(=O)OCCOC)C1c1ccccc1OC(F)(F)F. The molecule has 0 unspecified atom stereocenters. The second-order valence-electron chi connectivity index (χ2n) is 7.01. The van der Waals surface area contributed by atoms with Gasteiger partial charge in [0.05, 0.1) is 24.6 Å². The van der Waals surface area contributed by atoms with Gasteiger partial charge in [-0.2, -0.15) is 0 Å². The van der Waals surface area contributed by atoms with E-state index >= 15 is 0 Å². The number of allylic oxidation sites excluding steroid dienone is 2. The van der Waals surface area contributed by atoms with E-state index < -0.39 is 30.3 Å². The molecule has 2 rings (SSSR count). The highest BCUT2D eigenvalue weighted by Crippen LogP contribution is 2.44. The number of nitrogens with one attached hydrogen (secondary N) is 1. The zero-order chi connectivity index (χ0) is 26.0. The van der Waals surface area contributed by atoms with Gasteiger partial charge in [-0.1, -0.05) is 18.2 Å². The van der Waals surface area contributed by atoms with Gasteiger partial charge in [0, 0.05) is 19.8 Å². The third kappa shape index (κ3) is 8.37. The fraction of sp³-hybridized carbons (Fsp3) is 0.455. The number of hydrogen-bond donors (Lipinski definition) is 1. The van der Waals surface area contributed by atoms with Crippen LogP contribution in [0.4, 0.5) is 22.8 Å². The van der Waals surface area contributed by atoms with Crippen LogP contribution in [0.15, 0.2) is 47.2 Å². The Hall–Kier alpha value is -3.45. The topological polar surface area (TPSA) is 111 Å². The molecular weight excluding hydrogens is 479 g/mol. The van der Waals surface area contributed by atoms with Gasteiger partial charge < -0.3 is 38.5 Å². The molecule has 1 aromatic rings. The smallest absolute Gasteiger partial charge is 0.432 e. The summed E-state index contributed by atoms with van der Waals surface area (Å²) in [5.41, 5.74) is 0.431. The van der Waals surface area contributed by atoms with Crippen molar-refractivity contribution in [3.8, 4) is 5.75 Å². The Balaban J connectivity index is 2.49.